The highest BCUT2D eigenvalue weighted by Gasteiger charge is 2.28. The summed E-state index contributed by atoms with van der Waals surface area (Å²) in [6.07, 6.45) is 1.64. The number of hydrogen-bond acceptors (Lipinski definition) is 6. The van der Waals surface area contributed by atoms with Gasteiger partial charge < -0.3 is 9.40 Å². The Labute approximate surface area is 208 Å². The molecule has 0 amide bonds. The molecule has 0 aliphatic carbocycles. The van der Waals surface area contributed by atoms with Gasteiger partial charge in [0.2, 0.25) is 10.0 Å². The van der Waals surface area contributed by atoms with E-state index in [-0.39, 0.29) is 22.7 Å². The number of aromatic nitrogens is 3. The number of H-pyrrole nitrogens is 1. The zero-order valence-electron chi connectivity index (χ0n) is 20.3. The smallest absolute Gasteiger partial charge is 0.331 e. The minimum atomic E-state index is -3.63. The van der Waals surface area contributed by atoms with Gasteiger partial charge in [0.1, 0.15) is 11.3 Å². The third-order valence-corrected chi connectivity index (χ3v) is 8.65. The van der Waals surface area contributed by atoms with Gasteiger partial charge in [0.15, 0.2) is 0 Å². The molecule has 190 valence electrons. The molecule has 10 nitrogen and oxygen atoms in total. The molecular weight excluding hydrogens is 482 g/mol. The summed E-state index contributed by atoms with van der Waals surface area (Å²) >= 11 is 0. The Morgan fingerprint density at radius 1 is 0.944 bits per heavy atom. The number of furan rings is 1. The first-order valence-electron chi connectivity index (χ1n) is 12.0. The van der Waals surface area contributed by atoms with E-state index < -0.39 is 10.0 Å². The molecule has 4 aromatic rings. The molecule has 1 aromatic carbocycles. The maximum absolute atomic E-state index is 13.2. The first-order chi connectivity index (χ1) is 17.3. The Balaban J connectivity index is 1.37. The highest BCUT2D eigenvalue weighted by atomic mass is 32.2. The van der Waals surface area contributed by atoms with Crippen molar-refractivity contribution < 1.29 is 12.8 Å². The topological polar surface area (TPSA) is 114 Å². The lowest BCUT2D eigenvalue weighted by Crippen LogP contribution is -2.48. The van der Waals surface area contributed by atoms with Gasteiger partial charge in [0.05, 0.1) is 23.2 Å². The van der Waals surface area contributed by atoms with E-state index in [1.165, 1.54) is 8.87 Å². The van der Waals surface area contributed by atoms with Gasteiger partial charge in [-0.15, -0.1) is 0 Å². The molecule has 1 N–H and O–H groups in total. The van der Waals surface area contributed by atoms with Gasteiger partial charge in [-0.1, -0.05) is 12.1 Å². The van der Waals surface area contributed by atoms with Crippen molar-refractivity contribution in [2.75, 3.05) is 26.2 Å². The van der Waals surface area contributed by atoms with Crippen LogP contribution in [0, 0.1) is 0 Å². The largest absolute Gasteiger partial charge is 0.468 e. The fourth-order valence-electron chi connectivity index (χ4n) is 4.74. The molecule has 3 aromatic heterocycles. The molecule has 1 saturated heterocycles. The van der Waals surface area contributed by atoms with Crippen molar-refractivity contribution in [1.82, 2.24) is 23.3 Å². The molecule has 0 atom stereocenters. The number of nitrogens with zero attached hydrogens (tertiary/aromatic N) is 4. The molecule has 36 heavy (non-hydrogen) atoms. The molecular formula is C25H29N5O5S. The van der Waals surface area contributed by atoms with Gasteiger partial charge in [0.25, 0.3) is 5.56 Å². The lowest BCUT2D eigenvalue weighted by Gasteiger charge is -2.33. The van der Waals surface area contributed by atoms with E-state index in [1.807, 2.05) is 19.1 Å². The zero-order chi connectivity index (χ0) is 25.4. The van der Waals surface area contributed by atoms with Crippen molar-refractivity contribution in [2.45, 2.75) is 38.4 Å². The summed E-state index contributed by atoms with van der Waals surface area (Å²) in [5, 5.41) is 0. The van der Waals surface area contributed by atoms with Gasteiger partial charge in [-0.05, 0) is 49.7 Å². The zero-order valence-corrected chi connectivity index (χ0v) is 21.1. The number of benzene rings is 1. The maximum Gasteiger partial charge on any atom is 0.331 e. The number of sulfonamides is 1. The second kappa shape index (κ2) is 9.57. The van der Waals surface area contributed by atoms with Crippen LogP contribution < -0.4 is 11.2 Å². The summed E-state index contributed by atoms with van der Waals surface area (Å²) in [6, 6.07) is 12.1. The Morgan fingerprint density at radius 3 is 2.25 bits per heavy atom. The van der Waals surface area contributed by atoms with Crippen LogP contribution in [0.1, 0.15) is 19.6 Å². The molecule has 0 spiro atoms. The van der Waals surface area contributed by atoms with Crippen LogP contribution in [0.25, 0.3) is 22.3 Å². The Hall–Kier alpha value is -3.41. The summed E-state index contributed by atoms with van der Waals surface area (Å²) in [4.78, 5) is 31.0. The van der Waals surface area contributed by atoms with Gasteiger partial charge >= 0.3 is 5.69 Å². The number of hydrogen-bond donors (Lipinski definition) is 1. The van der Waals surface area contributed by atoms with Crippen molar-refractivity contribution in [1.29, 1.82) is 0 Å². The standard InChI is InChI=1S/C25H29N5O5S/c1-3-29-22-16-21(26-23(22)24(31)30(4-2)25(29)32)18-7-9-20(10-8-18)36(33,34)28-13-11-27(12-14-28)17-19-6-5-15-35-19/h5-10,15-16,26H,3-4,11-14,17H2,1-2H3. The summed E-state index contributed by atoms with van der Waals surface area (Å²) in [7, 11) is -3.63. The van der Waals surface area contributed by atoms with E-state index in [0.29, 0.717) is 56.0 Å². The number of piperazine rings is 1. The quantitative estimate of drug-likeness (QED) is 0.407. The Kier molecular flexibility index (Phi) is 6.45. The third kappa shape index (κ3) is 4.23. The van der Waals surface area contributed by atoms with E-state index in [0.717, 1.165) is 11.3 Å². The molecule has 0 saturated carbocycles. The van der Waals surface area contributed by atoms with Crippen LogP contribution in [0.5, 0.6) is 0 Å². The van der Waals surface area contributed by atoms with Crippen molar-refractivity contribution in [3.63, 3.8) is 0 Å². The first-order valence-corrected chi connectivity index (χ1v) is 13.5. The molecule has 4 heterocycles. The summed E-state index contributed by atoms with van der Waals surface area (Å²) in [5.41, 5.74) is 1.57. The van der Waals surface area contributed by atoms with Gasteiger partial charge in [-0.3, -0.25) is 18.8 Å². The molecule has 1 aliphatic heterocycles. The fourth-order valence-corrected chi connectivity index (χ4v) is 6.16. The predicted molar refractivity (Wildman–Crippen MR) is 136 cm³/mol. The van der Waals surface area contributed by atoms with Crippen molar-refractivity contribution in [3.8, 4) is 11.3 Å². The van der Waals surface area contributed by atoms with Crippen LogP contribution in [0.4, 0.5) is 0 Å². The van der Waals surface area contributed by atoms with Crippen LogP contribution in [0.15, 0.2) is 67.6 Å². The molecule has 0 bridgehead atoms. The van der Waals surface area contributed by atoms with Crippen molar-refractivity contribution in [2.24, 2.45) is 0 Å². The van der Waals surface area contributed by atoms with Crippen LogP contribution in [0.2, 0.25) is 0 Å². The average molecular weight is 512 g/mol. The summed E-state index contributed by atoms with van der Waals surface area (Å²) < 4.78 is 36.1. The van der Waals surface area contributed by atoms with E-state index >= 15 is 0 Å². The minimum Gasteiger partial charge on any atom is -0.468 e. The molecule has 1 aliphatic rings. The number of fused-ring (bicyclic) bond motifs is 1. The molecule has 11 heteroatoms. The first kappa shape index (κ1) is 24.3. The highest BCUT2D eigenvalue weighted by molar-refractivity contribution is 7.89. The fraction of sp³-hybridized carbons (Fsp3) is 0.360. The summed E-state index contributed by atoms with van der Waals surface area (Å²) in [6.45, 7) is 7.06. The normalized spacial score (nSPS) is 15.6. The molecule has 1 fully saturated rings. The van der Waals surface area contributed by atoms with Crippen LogP contribution in [-0.2, 0) is 29.7 Å². The maximum atomic E-state index is 13.2. The highest BCUT2D eigenvalue weighted by Crippen LogP contribution is 2.25. The monoisotopic (exact) mass is 511 g/mol. The van der Waals surface area contributed by atoms with E-state index in [4.69, 9.17) is 4.42 Å². The average Bonchev–Trinajstić information content (AvgIpc) is 3.56. The lowest BCUT2D eigenvalue weighted by atomic mass is 10.1. The second-order valence-corrected chi connectivity index (χ2v) is 10.7. The van der Waals surface area contributed by atoms with Crippen molar-refractivity contribution in [3.05, 3.63) is 75.3 Å². The van der Waals surface area contributed by atoms with Crippen LogP contribution in [0.3, 0.4) is 0 Å². The Bertz CT molecular complexity index is 1590. The predicted octanol–water partition coefficient (Wildman–Crippen LogP) is 2.30. The number of aryl methyl sites for hydroxylation is 1. The molecule has 0 unspecified atom stereocenters. The number of nitrogens with one attached hydrogen (secondary N) is 1. The van der Waals surface area contributed by atoms with Gasteiger partial charge in [-0.2, -0.15) is 4.31 Å². The SMILES string of the molecule is CCn1c(=O)c2[nH]c(-c3ccc(S(=O)(=O)N4CCN(Cc5ccco5)CC4)cc3)cc2n(CC)c1=O. The van der Waals surface area contributed by atoms with E-state index in [9.17, 15) is 18.0 Å². The van der Waals surface area contributed by atoms with Gasteiger partial charge in [-0.25, -0.2) is 13.2 Å². The van der Waals surface area contributed by atoms with Crippen LogP contribution in [-0.4, -0.2) is 57.9 Å². The molecule has 0 radical (unpaired) electrons. The van der Waals surface area contributed by atoms with E-state index in [1.54, 1.807) is 48.1 Å². The lowest BCUT2D eigenvalue weighted by molar-refractivity contribution is 0.171. The Morgan fingerprint density at radius 2 is 1.64 bits per heavy atom. The third-order valence-electron chi connectivity index (χ3n) is 6.73. The number of aromatic amines is 1. The van der Waals surface area contributed by atoms with Gasteiger partial charge in [0, 0.05) is 45.0 Å². The van der Waals surface area contributed by atoms with Crippen LogP contribution >= 0.6 is 0 Å². The van der Waals surface area contributed by atoms with Crippen molar-refractivity contribution >= 4 is 21.1 Å². The van der Waals surface area contributed by atoms with E-state index in [2.05, 4.69) is 9.88 Å². The second-order valence-electron chi connectivity index (χ2n) is 8.80. The minimum absolute atomic E-state index is 0.223. The number of rotatable bonds is 7. The molecule has 5 rings (SSSR count). The summed E-state index contributed by atoms with van der Waals surface area (Å²) in [5.74, 6) is 0.864.